The van der Waals surface area contributed by atoms with Gasteiger partial charge in [-0.25, -0.2) is 0 Å². The van der Waals surface area contributed by atoms with Gasteiger partial charge in [-0.05, 0) is 42.0 Å². The minimum Gasteiger partial charge on any atom is -0.368 e. The van der Waals surface area contributed by atoms with E-state index in [0.717, 1.165) is 6.42 Å². The standard InChI is InChI=1S/C22H19F2N3O3/c23-22(24)15-4-2-1-3-13(15)14-7-11(5-6-16(14)22)21(30)26-10-19(28)27-17-8-12(17)9-18(27)20(25)29/h1-7,12,17-18H,8-10H2,(H2,25,29)(H,26,30). The van der Waals surface area contributed by atoms with Gasteiger partial charge in [0.2, 0.25) is 11.8 Å². The Morgan fingerprint density at radius 3 is 2.57 bits per heavy atom. The van der Waals surface area contributed by atoms with Gasteiger partial charge in [-0.2, -0.15) is 8.78 Å². The molecule has 0 radical (unpaired) electrons. The lowest BCUT2D eigenvalue weighted by Crippen LogP contribution is -2.49. The van der Waals surface area contributed by atoms with Crippen LogP contribution in [0.25, 0.3) is 11.1 Å². The first-order valence-corrected chi connectivity index (χ1v) is 9.80. The van der Waals surface area contributed by atoms with Crippen LogP contribution >= 0.6 is 0 Å². The molecule has 154 valence electrons. The number of nitrogens with two attached hydrogens (primary N) is 1. The van der Waals surface area contributed by atoms with E-state index in [1.807, 2.05) is 0 Å². The van der Waals surface area contributed by atoms with E-state index in [1.54, 1.807) is 18.2 Å². The van der Waals surface area contributed by atoms with E-state index in [-0.39, 0.29) is 35.2 Å². The second kappa shape index (κ2) is 6.35. The number of hydrogen-bond acceptors (Lipinski definition) is 3. The summed E-state index contributed by atoms with van der Waals surface area (Å²) >= 11 is 0. The number of nitrogens with one attached hydrogen (secondary N) is 1. The summed E-state index contributed by atoms with van der Waals surface area (Å²) in [5.41, 5.74) is 6.05. The summed E-state index contributed by atoms with van der Waals surface area (Å²) in [6.07, 6.45) is 1.42. The van der Waals surface area contributed by atoms with Crippen LogP contribution in [0.15, 0.2) is 42.5 Å². The highest BCUT2D eigenvalue weighted by Gasteiger charge is 2.55. The molecule has 2 aliphatic carbocycles. The third-order valence-corrected chi connectivity index (χ3v) is 6.30. The van der Waals surface area contributed by atoms with Crippen LogP contribution < -0.4 is 11.1 Å². The number of carbonyl (C=O) groups is 3. The average Bonchev–Trinajstić information content (AvgIpc) is 3.33. The number of nitrogens with zero attached hydrogens (tertiary/aromatic N) is 1. The summed E-state index contributed by atoms with van der Waals surface area (Å²) in [5.74, 6) is -4.26. The van der Waals surface area contributed by atoms with E-state index in [9.17, 15) is 23.2 Å². The molecule has 8 heteroatoms. The van der Waals surface area contributed by atoms with Crippen molar-refractivity contribution in [2.45, 2.75) is 30.8 Å². The monoisotopic (exact) mass is 411 g/mol. The molecule has 3 amide bonds. The molecule has 30 heavy (non-hydrogen) atoms. The van der Waals surface area contributed by atoms with Crippen molar-refractivity contribution in [3.05, 3.63) is 59.2 Å². The highest BCUT2D eigenvalue weighted by molar-refractivity contribution is 5.99. The fourth-order valence-corrected chi connectivity index (χ4v) is 4.74. The number of piperidine rings is 1. The van der Waals surface area contributed by atoms with Crippen molar-refractivity contribution in [3.63, 3.8) is 0 Å². The molecule has 3 unspecified atom stereocenters. The second-order valence-corrected chi connectivity index (χ2v) is 8.08. The van der Waals surface area contributed by atoms with Crippen LogP contribution in [0, 0.1) is 5.92 Å². The van der Waals surface area contributed by atoms with E-state index in [1.165, 1.54) is 29.2 Å². The van der Waals surface area contributed by atoms with Gasteiger partial charge in [0.15, 0.2) is 0 Å². The maximum atomic E-state index is 14.6. The molecule has 0 aromatic heterocycles. The smallest absolute Gasteiger partial charge is 0.299 e. The predicted molar refractivity (Wildman–Crippen MR) is 104 cm³/mol. The Morgan fingerprint density at radius 2 is 1.80 bits per heavy atom. The Kier molecular flexibility index (Phi) is 3.96. The van der Waals surface area contributed by atoms with Gasteiger partial charge in [0.05, 0.1) is 6.54 Å². The van der Waals surface area contributed by atoms with E-state index < -0.39 is 23.8 Å². The molecule has 1 saturated carbocycles. The number of rotatable bonds is 4. The van der Waals surface area contributed by atoms with E-state index >= 15 is 0 Å². The number of halogens is 2. The minimum absolute atomic E-state index is 0.0191. The topological polar surface area (TPSA) is 92.5 Å². The molecule has 2 aromatic rings. The van der Waals surface area contributed by atoms with E-state index in [0.29, 0.717) is 23.5 Å². The van der Waals surface area contributed by atoms with Crippen LogP contribution in [-0.4, -0.2) is 41.2 Å². The first-order chi connectivity index (χ1) is 14.3. The highest BCUT2D eigenvalue weighted by Crippen LogP contribution is 2.51. The number of carbonyl (C=O) groups excluding carboxylic acids is 3. The number of fused-ring (bicyclic) bond motifs is 4. The van der Waals surface area contributed by atoms with Gasteiger partial charge >= 0.3 is 0 Å². The van der Waals surface area contributed by atoms with Gasteiger partial charge in [0, 0.05) is 22.7 Å². The summed E-state index contributed by atoms with van der Waals surface area (Å²) in [4.78, 5) is 38.2. The molecule has 1 aliphatic heterocycles. The molecule has 3 N–H and O–H groups in total. The fraction of sp³-hybridized carbons (Fsp3) is 0.318. The molecule has 3 aliphatic rings. The van der Waals surface area contributed by atoms with Gasteiger partial charge < -0.3 is 16.0 Å². The minimum atomic E-state index is -3.11. The molecule has 3 atom stereocenters. The second-order valence-electron chi connectivity index (χ2n) is 8.08. The summed E-state index contributed by atoms with van der Waals surface area (Å²) in [6, 6.07) is 9.61. The number of alkyl halides is 2. The molecular formula is C22H19F2N3O3. The zero-order valence-corrected chi connectivity index (χ0v) is 15.9. The Bertz CT molecular complexity index is 1100. The fourth-order valence-electron chi connectivity index (χ4n) is 4.74. The lowest BCUT2D eigenvalue weighted by Gasteiger charge is -2.25. The maximum absolute atomic E-state index is 14.6. The number of primary amides is 1. The molecular weight excluding hydrogens is 392 g/mol. The molecule has 2 aromatic carbocycles. The van der Waals surface area contributed by atoms with Crippen LogP contribution in [0.2, 0.25) is 0 Å². The molecule has 2 fully saturated rings. The van der Waals surface area contributed by atoms with Crippen LogP contribution in [0.5, 0.6) is 0 Å². The summed E-state index contributed by atoms with van der Waals surface area (Å²) in [7, 11) is 0. The van der Waals surface area contributed by atoms with Crippen molar-refractivity contribution in [1.29, 1.82) is 0 Å². The summed E-state index contributed by atoms with van der Waals surface area (Å²) < 4.78 is 29.3. The van der Waals surface area contributed by atoms with Crippen molar-refractivity contribution in [2.24, 2.45) is 11.7 Å². The first kappa shape index (κ1) is 18.7. The SMILES string of the molecule is NC(=O)C1CC2CC2N1C(=O)CNC(=O)c1ccc2c(c1)-c1ccccc1C2(F)F. The zero-order chi connectivity index (χ0) is 21.2. The number of amides is 3. The zero-order valence-electron chi connectivity index (χ0n) is 15.9. The van der Waals surface area contributed by atoms with Gasteiger partial charge in [0.25, 0.3) is 11.8 Å². The summed E-state index contributed by atoms with van der Waals surface area (Å²) in [6.45, 7) is -0.282. The lowest BCUT2D eigenvalue weighted by atomic mass is 10.0. The van der Waals surface area contributed by atoms with Crippen molar-refractivity contribution < 1.29 is 23.2 Å². The Hall–Kier alpha value is -3.29. The Morgan fingerprint density at radius 1 is 1.07 bits per heavy atom. The predicted octanol–water partition coefficient (Wildman–Crippen LogP) is 2.01. The Labute approximate surface area is 171 Å². The third kappa shape index (κ3) is 2.70. The van der Waals surface area contributed by atoms with Gasteiger partial charge in [0.1, 0.15) is 6.04 Å². The lowest BCUT2D eigenvalue weighted by molar-refractivity contribution is -0.137. The molecule has 0 spiro atoms. The van der Waals surface area contributed by atoms with Crippen LogP contribution in [-0.2, 0) is 15.5 Å². The third-order valence-electron chi connectivity index (χ3n) is 6.30. The van der Waals surface area contributed by atoms with Crippen LogP contribution in [0.1, 0.15) is 34.3 Å². The van der Waals surface area contributed by atoms with Crippen molar-refractivity contribution in [3.8, 4) is 11.1 Å². The Balaban J connectivity index is 1.33. The number of hydrogen-bond donors (Lipinski definition) is 2. The van der Waals surface area contributed by atoms with E-state index in [2.05, 4.69) is 5.32 Å². The largest absolute Gasteiger partial charge is 0.368 e. The van der Waals surface area contributed by atoms with Gasteiger partial charge in [-0.1, -0.05) is 30.3 Å². The van der Waals surface area contributed by atoms with Gasteiger partial charge in [-0.3, -0.25) is 14.4 Å². The molecule has 1 heterocycles. The highest BCUT2D eigenvalue weighted by atomic mass is 19.3. The molecule has 0 bridgehead atoms. The first-order valence-electron chi connectivity index (χ1n) is 9.80. The summed E-state index contributed by atoms with van der Waals surface area (Å²) in [5, 5.41) is 2.54. The normalized spacial score (nSPS) is 24.6. The maximum Gasteiger partial charge on any atom is 0.299 e. The molecule has 1 saturated heterocycles. The quantitative estimate of drug-likeness (QED) is 0.806. The van der Waals surface area contributed by atoms with Crippen LogP contribution in [0.4, 0.5) is 8.78 Å². The van der Waals surface area contributed by atoms with E-state index in [4.69, 9.17) is 5.73 Å². The van der Waals surface area contributed by atoms with Gasteiger partial charge in [-0.15, -0.1) is 0 Å². The van der Waals surface area contributed by atoms with Crippen LogP contribution in [0.3, 0.4) is 0 Å². The van der Waals surface area contributed by atoms with Crippen molar-refractivity contribution in [2.75, 3.05) is 6.54 Å². The average molecular weight is 411 g/mol. The molecule has 6 nitrogen and oxygen atoms in total. The number of benzene rings is 2. The molecule has 5 rings (SSSR count). The van der Waals surface area contributed by atoms with Crippen molar-refractivity contribution in [1.82, 2.24) is 10.2 Å². The van der Waals surface area contributed by atoms with Crippen molar-refractivity contribution >= 4 is 17.7 Å². The number of likely N-dealkylation sites (tertiary alicyclic amines) is 1.